The van der Waals surface area contributed by atoms with Gasteiger partial charge in [-0.25, -0.2) is 0 Å². The maximum absolute atomic E-state index is 11.8. The summed E-state index contributed by atoms with van der Waals surface area (Å²) in [6.07, 6.45) is 0.869. The van der Waals surface area contributed by atoms with Gasteiger partial charge in [0.2, 0.25) is 5.91 Å². The van der Waals surface area contributed by atoms with Crippen molar-refractivity contribution in [2.24, 2.45) is 0 Å². The van der Waals surface area contributed by atoms with Crippen molar-refractivity contribution in [3.8, 4) is 5.75 Å². The van der Waals surface area contributed by atoms with E-state index in [2.05, 4.69) is 26.6 Å². The van der Waals surface area contributed by atoms with Gasteiger partial charge >= 0.3 is 0 Å². The molecule has 0 radical (unpaired) electrons. The minimum Gasteiger partial charge on any atom is -0.497 e. The van der Waals surface area contributed by atoms with Crippen molar-refractivity contribution >= 4 is 27.5 Å². The lowest BCUT2D eigenvalue weighted by molar-refractivity contribution is -0.115. The van der Waals surface area contributed by atoms with Crippen molar-refractivity contribution in [3.63, 3.8) is 0 Å². The van der Waals surface area contributed by atoms with E-state index in [9.17, 15) is 4.79 Å². The molecule has 0 aliphatic heterocycles. The van der Waals surface area contributed by atoms with Gasteiger partial charge in [-0.2, -0.15) is 0 Å². The van der Waals surface area contributed by atoms with Gasteiger partial charge in [0, 0.05) is 10.2 Å². The molecule has 116 valence electrons. The van der Waals surface area contributed by atoms with E-state index in [4.69, 9.17) is 4.74 Å². The highest BCUT2D eigenvalue weighted by atomic mass is 79.9. The number of hydrogen-bond donors (Lipinski definition) is 2. The summed E-state index contributed by atoms with van der Waals surface area (Å²) in [5, 5.41) is 5.99. The quantitative estimate of drug-likeness (QED) is 0.743. The summed E-state index contributed by atoms with van der Waals surface area (Å²) in [6, 6.07) is 15.5. The molecule has 0 saturated carbocycles. The number of methoxy groups -OCH3 is 1. The number of rotatable bonds is 7. The predicted octanol–water partition coefficient (Wildman–Crippen LogP) is 3.23. The lowest BCUT2D eigenvalue weighted by Gasteiger charge is -2.07. The summed E-state index contributed by atoms with van der Waals surface area (Å²) < 4.78 is 6.06. The Morgan fingerprint density at radius 3 is 2.64 bits per heavy atom. The van der Waals surface area contributed by atoms with Crippen molar-refractivity contribution in [2.75, 3.05) is 25.5 Å². The van der Waals surface area contributed by atoms with E-state index in [1.54, 1.807) is 7.11 Å². The second-order valence-electron chi connectivity index (χ2n) is 4.83. The summed E-state index contributed by atoms with van der Waals surface area (Å²) in [4.78, 5) is 11.8. The van der Waals surface area contributed by atoms with Crippen LogP contribution in [0.4, 0.5) is 5.69 Å². The third-order valence-electron chi connectivity index (χ3n) is 3.14. The fourth-order valence-corrected chi connectivity index (χ4v) is 2.40. The maximum atomic E-state index is 11.8. The third-order valence-corrected chi connectivity index (χ3v) is 3.64. The van der Waals surface area contributed by atoms with Crippen LogP contribution in [0.2, 0.25) is 0 Å². The topological polar surface area (TPSA) is 50.4 Å². The minimum absolute atomic E-state index is 0.0483. The number of carbonyl (C=O) groups excluding carboxylic acids is 1. The van der Waals surface area contributed by atoms with Crippen molar-refractivity contribution in [1.82, 2.24) is 5.32 Å². The van der Waals surface area contributed by atoms with Gasteiger partial charge < -0.3 is 15.4 Å². The number of halogens is 1. The standard InChI is InChI=1S/C17H19BrN2O2/c1-22-16-7-5-13(6-8-16)9-10-19-12-17(21)20-15-4-2-3-14(18)11-15/h2-8,11,19H,9-10,12H2,1H3,(H,20,21). The molecule has 0 aliphatic rings. The van der Waals surface area contributed by atoms with Gasteiger partial charge in [-0.1, -0.05) is 34.1 Å². The molecule has 0 bridgehead atoms. The minimum atomic E-state index is -0.0483. The predicted molar refractivity (Wildman–Crippen MR) is 92.3 cm³/mol. The van der Waals surface area contributed by atoms with Crippen LogP contribution in [0.25, 0.3) is 0 Å². The summed E-state index contributed by atoms with van der Waals surface area (Å²) in [7, 11) is 1.65. The Balaban J connectivity index is 1.68. The van der Waals surface area contributed by atoms with Crippen LogP contribution in [0.1, 0.15) is 5.56 Å². The number of nitrogens with one attached hydrogen (secondary N) is 2. The average molecular weight is 363 g/mol. The molecule has 4 nitrogen and oxygen atoms in total. The summed E-state index contributed by atoms with van der Waals surface area (Å²) >= 11 is 3.38. The number of anilines is 1. The van der Waals surface area contributed by atoms with E-state index < -0.39 is 0 Å². The normalized spacial score (nSPS) is 10.3. The van der Waals surface area contributed by atoms with Crippen molar-refractivity contribution in [2.45, 2.75) is 6.42 Å². The Morgan fingerprint density at radius 1 is 1.18 bits per heavy atom. The molecule has 0 heterocycles. The molecule has 0 unspecified atom stereocenters. The number of hydrogen-bond acceptors (Lipinski definition) is 3. The van der Waals surface area contributed by atoms with Gasteiger partial charge in [0.05, 0.1) is 13.7 Å². The number of carbonyl (C=O) groups is 1. The Kier molecular flexibility index (Phi) is 6.43. The second kappa shape index (κ2) is 8.56. The van der Waals surface area contributed by atoms with Gasteiger partial charge in [-0.3, -0.25) is 4.79 Å². The summed E-state index contributed by atoms with van der Waals surface area (Å²) in [5.41, 5.74) is 2.00. The van der Waals surface area contributed by atoms with Crippen molar-refractivity contribution in [3.05, 3.63) is 58.6 Å². The highest BCUT2D eigenvalue weighted by Gasteiger charge is 2.02. The average Bonchev–Trinajstić information content (AvgIpc) is 2.52. The first-order valence-corrected chi connectivity index (χ1v) is 7.86. The number of benzene rings is 2. The lowest BCUT2D eigenvalue weighted by Crippen LogP contribution is -2.29. The molecule has 0 fully saturated rings. The monoisotopic (exact) mass is 362 g/mol. The largest absolute Gasteiger partial charge is 0.497 e. The molecule has 1 amide bonds. The molecule has 5 heteroatoms. The zero-order valence-corrected chi connectivity index (χ0v) is 14.0. The van der Waals surface area contributed by atoms with Gasteiger partial charge in [0.15, 0.2) is 0 Å². The number of ether oxygens (including phenoxy) is 1. The van der Waals surface area contributed by atoms with Crippen LogP contribution in [0.5, 0.6) is 5.75 Å². The van der Waals surface area contributed by atoms with Crippen molar-refractivity contribution < 1.29 is 9.53 Å². The lowest BCUT2D eigenvalue weighted by atomic mass is 10.1. The van der Waals surface area contributed by atoms with Crippen LogP contribution < -0.4 is 15.4 Å². The Bertz CT molecular complexity index is 614. The molecule has 2 N–H and O–H groups in total. The first-order chi connectivity index (χ1) is 10.7. The third kappa shape index (κ3) is 5.50. The summed E-state index contributed by atoms with van der Waals surface area (Å²) in [6.45, 7) is 1.04. The molecule has 2 rings (SSSR count). The molecule has 0 saturated heterocycles. The van der Waals surface area contributed by atoms with Gasteiger partial charge in [0.25, 0.3) is 0 Å². The fraction of sp³-hybridized carbons (Fsp3) is 0.235. The molecule has 2 aromatic rings. The van der Waals surface area contributed by atoms with E-state index in [1.807, 2.05) is 48.5 Å². The molecular formula is C17H19BrN2O2. The Hall–Kier alpha value is -1.85. The fourth-order valence-electron chi connectivity index (χ4n) is 2.00. The van der Waals surface area contributed by atoms with Gasteiger partial charge in [-0.15, -0.1) is 0 Å². The molecule has 0 aliphatic carbocycles. The smallest absolute Gasteiger partial charge is 0.238 e. The van der Waals surface area contributed by atoms with E-state index >= 15 is 0 Å². The van der Waals surface area contributed by atoms with E-state index in [-0.39, 0.29) is 5.91 Å². The molecular weight excluding hydrogens is 344 g/mol. The SMILES string of the molecule is COc1ccc(CCNCC(=O)Nc2cccc(Br)c2)cc1. The number of amides is 1. The molecule has 0 spiro atoms. The van der Waals surface area contributed by atoms with Crippen LogP contribution in [-0.2, 0) is 11.2 Å². The highest BCUT2D eigenvalue weighted by Crippen LogP contribution is 2.15. The zero-order valence-electron chi connectivity index (χ0n) is 12.4. The molecule has 22 heavy (non-hydrogen) atoms. The first-order valence-electron chi connectivity index (χ1n) is 7.06. The van der Waals surface area contributed by atoms with Gasteiger partial charge in [0.1, 0.15) is 5.75 Å². The van der Waals surface area contributed by atoms with Crippen LogP contribution in [0.15, 0.2) is 53.0 Å². The summed E-state index contributed by atoms with van der Waals surface area (Å²) in [5.74, 6) is 0.804. The Labute approximate surface area is 139 Å². The molecule has 2 aromatic carbocycles. The molecule has 0 aromatic heterocycles. The van der Waals surface area contributed by atoms with Gasteiger partial charge in [-0.05, 0) is 48.9 Å². The first kappa shape index (κ1) is 16.5. The maximum Gasteiger partial charge on any atom is 0.238 e. The zero-order chi connectivity index (χ0) is 15.8. The van der Waals surface area contributed by atoms with Crippen LogP contribution in [-0.4, -0.2) is 26.1 Å². The van der Waals surface area contributed by atoms with Crippen molar-refractivity contribution in [1.29, 1.82) is 0 Å². The van der Waals surface area contributed by atoms with E-state index in [0.717, 1.165) is 28.9 Å². The van der Waals surface area contributed by atoms with Crippen LogP contribution in [0, 0.1) is 0 Å². The molecule has 0 atom stereocenters. The Morgan fingerprint density at radius 2 is 1.95 bits per heavy atom. The van der Waals surface area contributed by atoms with Crippen LogP contribution >= 0.6 is 15.9 Å². The van der Waals surface area contributed by atoms with E-state index in [0.29, 0.717) is 6.54 Å². The second-order valence-corrected chi connectivity index (χ2v) is 5.75. The van der Waals surface area contributed by atoms with E-state index in [1.165, 1.54) is 5.56 Å². The van der Waals surface area contributed by atoms with Crippen LogP contribution in [0.3, 0.4) is 0 Å². The highest BCUT2D eigenvalue weighted by molar-refractivity contribution is 9.10.